The molecule has 0 spiro atoms. The average molecular weight is 438 g/mol. The zero-order chi connectivity index (χ0) is 22.5. The molecule has 1 amide bonds. The van der Waals surface area contributed by atoms with Crippen LogP contribution in [0.15, 0.2) is 48.5 Å². The van der Waals surface area contributed by atoms with Gasteiger partial charge in [-0.05, 0) is 60.9 Å². The lowest BCUT2D eigenvalue weighted by Gasteiger charge is -2.32. The molecule has 0 aliphatic carbocycles. The number of nitrogens with one attached hydrogen (secondary N) is 1. The highest BCUT2D eigenvalue weighted by molar-refractivity contribution is 5.79. The molecule has 1 aliphatic rings. The second-order valence-corrected chi connectivity index (χ2v) is 8.17. The van der Waals surface area contributed by atoms with E-state index in [2.05, 4.69) is 36.2 Å². The zero-order valence-electron chi connectivity index (χ0n) is 18.4. The Hall–Kier alpha value is -3.19. The summed E-state index contributed by atoms with van der Waals surface area (Å²) >= 11 is 0. The Balaban J connectivity index is 1.30. The van der Waals surface area contributed by atoms with Crippen molar-refractivity contribution < 1.29 is 18.7 Å². The molecule has 1 aromatic heterocycles. The molecule has 1 unspecified atom stereocenters. The Morgan fingerprint density at radius 1 is 1.19 bits per heavy atom. The van der Waals surface area contributed by atoms with Crippen LogP contribution in [0.25, 0.3) is 0 Å². The Morgan fingerprint density at radius 3 is 2.78 bits per heavy atom. The average Bonchev–Trinajstić information content (AvgIpc) is 3.27. The summed E-state index contributed by atoms with van der Waals surface area (Å²) in [4.78, 5) is 14.7. The van der Waals surface area contributed by atoms with Gasteiger partial charge in [0.05, 0.1) is 31.9 Å². The third-order valence-electron chi connectivity index (χ3n) is 5.78. The minimum Gasteiger partial charge on any atom is -0.493 e. The van der Waals surface area contributed by atoms with Gasteiger partial charge in [0.15, 0.2) is 0 Å². The van der Waals surface area contributed by atoms with Gasteiger partial charge in [-0.25, -0.2) is 4.39 Å². The molecule has 1 N–H and O–H groups in total. The van der Waals surface area contributed by atoms with Gasteiger partial charge in [-0.15, -0.1) is 0 Å². The number of hydrogen-bond donors (Lipinski definition) is 1. The third-order valence-corrected chi connectivity index (χ3v) is 5.78. The van der Waals surface area contributed by atoms with Crippen LogP contribution in [0.1, 0.15) is 34.2 Å². The van der Waals surface area contributed by atoms with Crippen molar-refractivity contribution in [2.45, 2.75) is 32.8 Å². The van der Waals surface area contributed by atoms with Gasteiger partial charge in [0.2, 0.25) is 5.91 Å². The van der Waals surface area contributed by atoms with Crippen LogP contribution in [0.5, 0.6) is 5.75 Å². The number of aromatic amines is 1. The number of morpholine rings is 1. The van der Waals surface area contributed by atoms with Crippen molar-refractivity contribution >= 4 is 5.91 Å². The topological polar surface area (TPSA) is 67.5 Å². The van der Waals surface area contributed by atoms with Gasteiger partial charge in [0, 0.05) is 18.7 Å². The van der Waals surface area contributed by atoms with Crippen molar-refractivity contribution in [1.29, 1.82) is 0 Å². The highest BCUT2D eigenvalue weighted by atomic mass is 19.1. The van der Waals surface area contributed by atoms with E-state index in [0.717, 1.165) is 17.0 Å². The minimum absolute atomic E-state index is 0.102. The molecular formula is C25H28FN3O3. The number of H-pyrrole nitrogens is 1. The van der Waals surface area contributed by atoms with Crippen LogP contribution in [0.4, 0.5) is 4.39 Å². The molecule has 3 aromatic rings. The number of carbonyl (C=O) groups excluding carboxylic acids is 1. The molecule has 0 radical (unpaired) electrons. The molecule has 2 heterocycles. The summed E-state index contributed by atoms with van der Waals surface area (Å²) in [6.07, 6.45) is 0.767. The monoisotopic (exact) mass is 437 g/mol. The fraction of sp³-hybridized carbons (Fsp3) is 0.360. The van der Waals surface area contributed by atoms with Gasteiger partial charge in [-0.1, -0.05) is 18.2 Å². The van der Waals surface area contributed by atoms with Gasteiger partial charge in [0.25, 0.3) is 0 Å². The van der Waals surface area contributed by atoms with E-state index >= 15 is 0 Å². The second-order valence-electron chi connectivity index (χ2n) is 8.17. The lowest BCUT2D eigenvalue weighted by Crippen LogP contribution is -2.43. The largest absolute Gasteiger partial charge is 0.493 e. The first-order valence-electron chi connectivity index (χ1n) is 10.9. The maximum absolute atomic E-state index is 13.0. The van der Waals surface area contributed by atoms with Crippen molar-refractivity contribution in [1.82, 2.24) is 15.1 Å². The maximum Gasteiger partial charge on any atom is 0.227 e. The van der Waals surface area contributed by atoms with Crippen molar-refractivity contribution in [3.8, 4) is 5.75 Å². The number of ether oxygens (including phenoxy) is 2. The van der Waals surface area contributed by atoms with E-state index in [9.17, 15) is 9.18 Å². The summed E-state index contributed by atoms with van der Waals surface area (Å²) in [6.45, 7) is 6.14. The van der Waals surface area contributed by atoms with E-state index in [1.54, 1.807) is 12.1 Å². The number of aryl methyl sites for hydroxylation is 2. The summed E-state index contributed by atoms with van der Waals surface area (Å²) < 4.78 is 24.5. The molecule has 7 heteroatoms. The van der Waals surface area contributed by atoms with Crippen LogP contribution < -0.4 is 4.74 Å². The molecule has 168 valence electrons. The number of amides is 1. The highest BCUT2D eigenvalue weighted by Gasteiger charge is 2.27. The van der Waals surface area contributed by atoms with Gasteiger partial charge in [-0.3, -0.25) is 9.89 Å². The Labute approximate surface area is 187 Å². The fourth-order valence-corrected chi connectivity index (χ4v) is 3.74. The SMILES string of the molecule is Cc1ccc(CC(=O)N2CCOC(c3cc(CCOc4ccc(F)cc4)[nH]n3)C2)cc1C. The third kappa shape index (κ3) is 5.53. The van der Waals surface area contributed by atoms with E-state index < -0.39 is 0 Å². The van der Waals surface area contributed by atoms with Gasteiger partial charge < -0.3 is 14.4 Å². The lowest BCUT2D eigenvalue weighted by molar-refractivity contribution is -0.138. The smallest absolute Gasteiger partial charge is 0.227 e. The standard InChI is InChI=1S/C25H28FN3O3/c1-17-3-4-19(13-18(17)2)14-25(30)29-10-12-32-24(16-29)23-15-21(27-28-23)9-11-31-22-7-5-20(26)6-8-22/h3-8,13,15,24H,9-12,14,16H2,1-2H3,(H,27,28). The van der Waals surface area contributed by atoms with E-state index in [-0.39, 0.29) is 17.8 Å². The number of halogens is 1. The van der Waals surface area contributed by atoms with Crippen molar-refractivity contribution in [2.24, 2.45) is 0 Å². The fourth-order valence-electron chi connectivity index (χ4n) is 3.74. The van der Waals surface area contributed by atoms with Crippen LogP contribution in [-0.4, -0.2) is 47.3 Å². The molecular weight excluding hydrogens is 409 g/mol. The van der Waals surface area contributed by atoms with Gasteiger partial charge >= 0.3 is 0 Å². The lowest BCUT2D eigenvalue weighted by atomic mass is 10.0. The van der Waals surface area contributed by atoms with Crippen molar-refractivity contribution in [3.05, 3.63) is 82.4 Å². The van der Waals surface area contributed by atoms with E-state index in [4.69, 9.17) is 9.47 Å². The van der Waals surface area contributed by atoms with Crippen molar-refractivity contribution in [2.75, 3.05) is 26.3 Å². The quantitative estimate of drug-likeness (QED) is 0.608. The summed E-state index contributed by atoms with van der Waals surface area (Å²) in [5, 5.41) is 7.40. The zero-order valence-corrected chi connectivity index (χ0v) is 18.4. The Kier molecular flexibility index (Phi) is 6.85. The predicted octanol–water partition coefficient (Wildman–Crippen LogP) is 3.93. The Morgan fingerprint density at radius 2 is 2.00 bits per heavy atom. The van der Waals surface area contributed by atoms with Gasteiger partial charge in [-0.2, -0.15) is 5.10 Å². The maximum atomic E-state index is 13.0. The number of rotatable bonds is 7. The summed E-state index contributed by atoms with van der Waals surface area (Å²) in [5.74, 6) is 0.439. The van der Waals surface area contributed by atoms with Crippen molar-refractivity contribution in [3.63, 3.8) is 0 Å². The summed E-state index contributed by atoms with van der Waals surface area (Å²) in [5.41, 5.74) is 5.16. The van der Waals surface area contributed by atoms with E-state index in [1.165, 1.54) is 23.3 Å². The number of aromatic nitrogens is 2. The first-order valence-corrected chi connectivity index (χ1v) is 10.9. The summed E-state index contributed by atoms with van der Waals surface area (Å²) in [6, 6.07) is 14.1. The highest BCUT2D eigenvalue weighted by Crippen LogP contribution is 2.22. The normalized spacial score (nSPS) is 16.2. The van der Waals surface area contributed by atoms with Crippen LogP contribution in [0, 0.1) is 19.7 Å². The van der Waals surface area contributed by atoms with E-state index in [0.29, 0.717) is 44.9 Å². The molecule has 1 aliphatic heterocycles. The minimum atomic E-state index is -0.287. The van der Waals surface area contributed by atoms with Crippen LogP contribution in [-0.2, 0) is 22.4 Å². The Bertz CT molecular complexity index is 1060. The van der Waals surface area contributed by atoms with Crippen LogP contribution >= 0.6 is 0 Å². The molecule has 2 aromatic carbocycles. The van der Waals surface area contributed by atoms with E-state index in [1.807, 2.05) is 17.0 Å². The molecule has 0 bridgehead atoms. The number of carbonyl (C=O) groups is 1. The second kappa shape index (κ2) is 9.96. The van der Waals surface area contributed by atoms with Crippen LogP contribution in [0.2, 0.25) is 0 Å². The van der Waals surface area contributed by atoms with Crippen LogP contribution in [0.3, 0.4) is 0 Å². The number of hydrogen-bond acceptors (Lipinski definition) is 4. The molecule has 0 saturated carbocycles. The molecule has 6 nitrogen and oxygen atoms in total. The predicted molar refractivity (Wildman–Crippen MR) is 119 cm³/mol. The molecule has 1 atom stereocenters. The molecule has 32 heavy (non-hydrogen) atoms. The number of nitrogens with zero attached hydrogens (tertiary/aromatic N) is 2. The molecule has 4 rings (SSSR count). The van der Waals surface area contributed by atoms with Gasteiger partial charge in [0.1, 0.15) is 17.7 Å². The summed E-state index contributed by atoms with van der Waals surface area (Å²) in [7, 11) is 0. The molecule has 1 fully saturated rings. The molecule has 1 saturated heterocycles. The first kappa shape index (κ1) is 22.0. The first-order chi connectivity index (χ1) is 15.5. The number of benzene rings is 2.